The van der Waals surface area contributed by atoms with Crippen molar-refractivity contribution in [2.24, 2.45) is 0 Å². The molecule has 0 bridgehead atoms. The summed E-state index contributed by atoms with van der Waals surface area (Å²) >= 11 is 0. The van der Waals surface area contributed by atoms with Gasteiger partial charge >= 0.3 is 6.71 Å². The SMILES string of the molecule is O=C(O)B1COCOC1. The first kappa shape index (κ1) is 6.57. The van der Waals surface area contributed by atoms with Crippen LogP contribution < -0.4 is 0 Å². The number of carbonyl (C=O) groups is 1. The van der Waals surface area contributed by atoms with Gasteiger partial charge in [0.15, 0.2) is 0 Å². The molecule has 1 rings (SSSR count). The van der Waals surface area contributed by atoms with Gasteiger partial charge in [0.05, 0.1) is 0 Å². The molecule has 4 nitrogen and oxygen atoms in total. The van der Waals surface area contributed by atoms with Crippen LogP contribution in [-0.2, 0) is 9.47 Å². The average Bonchev–Trinajstić information content (AvgIpc) is 1.90. The van der Waals surface area contributed by atoms with Crippen molar-refractivity contribution in [3.8, 4) is 0 Å². The Labute approximate surface area is 52.8 Å². The standard InChI is InChI=1S/C4H7BO4/c6-4(7)5-1-8-3-9-2-5/h1-3H2,(H,6,7). The fraction of sp³-hybridized carbons (Fsp3) is 0.750. The van der Waals surface area contributed by atoms with Crippen LogP contribution in [0.25, 0.3) is 0 Å². The molecule has 1 fully saturated rings. The van der Waals surface area contributed by atoms with E-state index >= 15 is 0 Å². The van der Waals surface area contributed by atoms with Crippen LogP contribution in [0.4, 0.5) is 4.79 Å². The monoisotopic (exact) mass is 130 g/mol. The van der Waals surface area contributed by atoms with Gasteiger partial charge in [0.25, 0.3) is 5.87 Å². The van der Waals surface area contributed by atoms with Crippen molar-refractivity contribution in [3.63, 3.8) is 0 Å². The van der Waals surface area contributed by atoms with Gasteiger partial charge in [-0.3, -0.25) is 4.79 Å². The minimum atomic E-state index is -0.852. The highest BCUT2D eigenvalue weighted by molar-refractivity contribution is 6.88. The zero-order chi connectivity index (χ0) is 6.69. The summed E-state index contributed by atoms with van der Waals surface area (Å²) in [5, 5.41) is 8.38. The quantitative estimate of drug-likeness (QED) is 0.500. The van der Waals surface area contributed by atoms with Gasteiger partial charge in [-0.25, -0.2) is 0 Å². The summed E-state index contributed by atoms with van der Waals surface area (Å²) in [6, 6.07) is 0. The molecule has 0 radical (unpaired) electrons. The van der Waals surface area contributed by atoms with Crippen molar-refractivity contribution in [1.29, 1.82) is 0 Å². The third kappa shape index (κ3) is 1.69. The van der Waals surface area contributed by atoms with E-state index in [0.29, 0.717) is 0 Å². The second kappa shape index (κ2) is 2.84. The molecule has 0 spiro atoms. The van der Waals surface area contributed by atoms with Crippen molar-refractivity contribution in [1.82, 2.24) is 0 Å². The molecule has 0 aromatic carbocycles. The van der Waals surface area contributed by atoms with Crippen molar-refractivity contribution in [3.05, 3.63) is 0 Å². The average molecular weight is 130 g/mol. The van der Waals surface area contributed by atoms with Gasteiger partial charge in [0.1, 0.15) is 6.79 Å². The molecule has 1 aliphatic heterocycles. The number of ether oxygens (including phenoxy) is 2. The molecule has 0 aliphatic carbocycles. The summed E-state index contributed by atoms with van der Waals surface area (Å²) in [5.74, 6) is -0.852. The van der Waals surface area contributed by atoms with E-state index in [9.17, 15) is 4.79 Å². The minimum absolute atomic E-state index is 0.226. The molecule has 1 heterocycles. The molecule has 1 N–H and O–H groups in total. The number of carboxylic acid groups (broad SMARTS) is 1. The fourth-order valence-corrected chi connectivity index (χ4v) is 0.630. The first-order valence-corrected chi connectivity index (χ1v) is 2.69. The topological polar surface area (TPSA) is 55.8 Å². The maximum Gasteiger partial charge on any atom is 0.334 e. The number of hydrogen-bond donors (Lipinski definition) is 1. The van der Waals surface area contributed by atoms with Gasteiger partial charge in [-0.05, 0) is 0 Å². The lowest BCUT2D eigenvalue weighted by molar-refractivity contribution is -0.0416. The van der Waals surface area contributed by atoms with Crippen LogP contribution in [0.1, 0.15) is 0 Å². The maximum absolute atomic E-state index is 10.2. The highest BCUT2D eigenvalue weighted by Gasteiger charge is 2.26. The van der Waals surface area contributed by atoms with E-state index in [4.69, 9.17) is 14.6 Å². The molecule has 0 aromatic heterocycles. The van der Waals surface area contributed by atoms with E-state index in [0.717, 1.165) is 0 Å². The van der Waals surface area contributed by atoms with Gasteiger partial charge < -0.3 is 14.6 Å². The Morgan fingerprint density at radius 1 is 1.44 bits per heavy atom. The van der Waals surface area contributed by atoms with Crippen LogP contribution in [0.5, 0.6) is 0 Å². The molecule has 5 heteroatoms. The Morgan fingerprint density at radius 2 is 2.00 bits per heavy atom. The minimum Gasteiger partial charge on any atom is -0.489 e. The fourth-order valence-electron chi connectivity index (χ4n) is 0.630. The van der Waals surface area contributed by atoms with E-state index in [2.05, 4.69) is 0 Å². The van der Waals surface area contributed by atoms with E-state index in [1.807, 2.05) is 0 Å². The summed E-state index contributed by atoms with van der Waals surface area (Å²) in [4.78, 5) is 10.2. The van der Waals surface area contributed by atoms with Gasteiger partial charge in [0, 0.05) is 13.0 Å². The maximum atomic E-state index is 10.2. The van der Waals surface area contributed by atoms with Crippen LogP contribution >= 0.6 is 0 Å². The van der Waals surface area contributed by atoms with Crippen LogP contribution in [0.2, 0.25) is 0 Å². The molecule has 0 atom stereocenters. The van der Waals surface area contributed by atoms with Crippen LogP contribution in [0.15, 0.2) is 0 Å². The molecule has 0 saturated carbocycles. The Bertz CT molecular complexity index is 109. The van der Waals surface area contributed by atoms with E-state index in [1.165, 1.54) is 0 Å². The summed E-state index contributed by atoms with van der Waals surface area (Å²) in [5.41, 5.74) is 0. The third-order valence-corrected chi connectivity index (χ3v) is 1.15. The number of rotatable bonds is 1. The van der Waals surface area contributed by atoms with E-state index in [-0.39, 0.29) is 19.8 Å². The molecule has 0 amide bonds. The molecular formula is C4H7BO4. The van der Waals surface area contributed by atoms with Crippen LogP contribution in [0, 0.1) is 0 Å². The molecule has 1 saturated heterocycles. The van der Waals surface area contributed by atoms with Crippen molar-refractivity contribution >= 4 is 12.6 Å². The van der Waals surface area contributed by atoms with E-state index in [1.54, 1.807) is 0 Å². The van der Waals surface area contributed by atoms with Gasteiger partial charge in [-0.2, -0.15) is 0 Å². The summed E-state index contributed by atoms with van der Waals surface area (Å²) in [7, 11) is 0. The van der Waals surface area contributed by atoms with Crippen molar-refractivity contribution < 1.29 is 19.4 Å². The largest absolute Gasteiger partial charge is 0.489 e. The Hall–Kier alpha value is -0.545. The Balaban J connectivity index is 2.31. The van der Waals surface area contributed by atoms with Crippen molar-refractivity contribution in [2.45, 2.75) is 0 Å². The van der Waals surface area contributed by atoms with E-state index < -0.39 is 12.6 Å². The van der Waals surface area contributed by atoms with Gasteiger partial charge in [0.2, 0.25) is 0 Å². The van der Waals surface area contributed by atoms with Crippen LogP contribution in [0.3, 0.4) is 0 Å². The molecule has 0 unspecified atom stereocenters. The Morgan fingerprint density at radius 3 is 2.33 bits per heavy atom. The lowest BCUT2D eigenvalue weighted by Gasteiger charge is -2.15. The smallest absolute Gasteiger partial charge is 0.334 e. The zero-order valence-electron chi connectivity index (χ0n) is 4.87. The first-order valence-electron chi connectivity index (χ1n) is 2.69. The van der Waals surface area contributed by atoms with Crippen LogP contribution in [-0.4, -0.2) is 37.5 Å². The zero-order valence-corrected chi connectivity index (χ0v) is 4.87. The second-order valence-electron chi connectivity index (χ2n) is 1.89. The predicted octanol–water partition coefficient (Wildman–Crippen LogP) is -0.176. The third-order valence-electron chi connectivity index (χ3n) is 1.15. The lowest BCUT2D eigenvalue weighted by Crippen LogP contribution is -2.40. The molecule has 1 aliphatic rings. The predicted molar refractivity (Wildman–Crippen MR) is 30.5 cm³/mol. The normalized spacial score (nSPS) is 19.8. The van der Waals surface area contributed by atoms with Gasteiger partial charge in [-0.1, -0.05) is 0 Å². The summed E-state index contributed by atoms with van der Waals surface area (Å²) in [6.07, 6.45) is 0. The molecule has 9 heavy (non-hydrogen) atoms. The highest BCUT2D eigenvalue weighted by atomic mass is 16.7. The first-order chi connectivity index (χ1) is 4.30. The summed E-state index contributed by atoms with van der Waals surface area (Å²) < 4.78 is 9.48. The molecule has 50 valence electrons. The van der Waals surface area contributed by atoms with Gasteiger partial charge in [-0.15, -0.1) is 0 Å². The Kier molecular flexibility index (Phi) is 2.08. The highest BCUT2D eigenvalue weighted by Crippen LogP contribution is 1.95. The number of hydrogen-bond acceptors (Lipinski definition) is 3. The molecule has 0 aromatic rings. The summed E-state index contributed by atoms with van der Waals surface area (Å²) in [6.45, 7) is 0.299. The molecular weight excluding hydrogens is 123 g/mol. The lowest BCUT2D eigenvalue weighted by atomic mass is 9.51. The second-order valence-corrected chi connectivity index (χ2v) is 1.89. The van der Waals surface area contributed by atoms with Crippen molar-refractivity contribution in [2.75, 3.05) is 19.8 Å².